The molecule has 6 heteroatoms. The molecule has 23 heavy (non-hydrogen) atoms. The number of rotatable bonds is 6. The van der Waals surface area contributed by atoms with Gasteiger partial charge in [-0.1, -0.05) is 18.2 Å². The third-order valence-corrected chi connectivity index (χ3v) is 4.35. The van der Waals surface area contributed by atoms with Gasteiger partial charge in [-0.05, 0) is 29.8 Å². The molecular formula is C17H16FN3OS. The summed E-state index contributed by atoms with van der Waals surface area (Å²) >= 11 is 1.57. The number of aliphatic hydroxyl groups is 1. The van der Waals surface area contributed by atoms with Crippen molar-refractivity contribution in [3.63, 3.8) is 0 Å². The first-order chi connectivity index (χ1) is 11.2. The number of nitrogens with one attached hydrogen (secondary N) is 1. The van der Waals surface area contributed by atoms with E-state index in [0.29, 0.717) is 18.7 Å². The fraction of sp³-hybridized carbons (Fsp3) is 0.176. The molecule has 0 aliphatic carbocycles. The molecule has 0 bridgehead atoms. The van der Waals surface area contributed by atoms with E-state index in [2.05, 4.69) is 15.3 Å². The van der Waals surface area contributed by atoms with Gasteiger partial charge < -0.3 is 10.4 Å². The van der Waals surface area contributed by atoms with Crippen LogP contribution in [0.5, 0.6) is 0 Å². The zero-order valence-corrected chi connectivity index (χ0v) is 13.1. The number of benzene rings is 1. The number of nitrogens with zero attached hydrogens (tertiary/aromatic N) is 2. The van der Waals surface area contributed by atoms with Crippen LogP contribution in [0.15, 0.2) is 54.9 Å². The predicted molar refractivity (Wildman–Crippen MR) is 88.4 cm³/mol. The molecule has 1 atom stereocenters. The zero-order valence-electron chi connectivity index (χ0n) is 12.3. The van der Waals surface area contributed by atoms with E-state index in [0.717, 1.165) is 15.6 Å². The molecule has 3 rings (SSSR count). The van der Waals surface area contributed by atoms with Crippen molar-refractivity contribution in [2.75, 3.05) is 6.54 Å². The Balaban J connectivity index is 1.53. The van der Waals surface area contributed by atoms with Crippen molar-refractivity contribution in [3.8, 4) is 10.7 Å². The number of pyridine rings is 1. The lowest BCUT2D eigenvalue weighted by Gasteiger charge is -2.11. The zero-order chi connectivity index (χ0) is 16.1. The van der Waals surface area contributed by atoms with Gasteiger partial charge in [-0.15, -0.1) is 11.3 Å². The standard InChI is InChI=1S/C17H16FN3OS/c18-13-6-4-12(5-7-13)16(22)11-19-9-14-10-21-17(23-14)15-3-1-2-8-20-15/h1-8,10,16,19,22H,9,11H2. The first kappa shape index (κ1) is 15.7. The second-order valence-corrected chi connectivity index (χ2v) is 6.16. The highest BCUT2D eigenvalue weighted by molar-refractivity contribution is 7.14. The Morgan fingerprint density at radius 1 is 1.13 bits per heavy atom. The molecule has 2 aromatic heterocycles. The number of thiazole rings is 1. The van der Waals surface area contributed by atoms with Crippen molar-refractivity contribution in [3.05, 3.63) is 71.1 Å². The molecule has 0 saturated heterocycles. The van der Waals surface area contributed by atoms with Gasteiger partial charge in [-0.3, -0.25) is 4.98 Å². The largest absolute Gasteiger partial charge is 0.387 e. The Kier molecular flexibility index (Phi) is 5.07. The van der Waals surface area contributed by atoms with Gasteiger partial charge in [0.05, 0.1) is 11.8 Å². The predicted octanol–water partition coefficient (Wildman–Crippen LogP) is 3.17. The summed E-state index contributed by atoms with van der Waals surface area (Å²) in [6.45, 7) is 1.01. The van der Waals surface area contributed by atoms with Crippen LogP contribution < -0.4 is 5.32 Å². The molecule has 0 spiro atoms. The molecule has 0 aliphatic heterocycles. The Hall–Kier alpha value is -2.15. The minimum absolute atomic E-state index is 0.305. The summed E-state index contributed by atoms with van der Waals surface area (Å²) < 4.78 is 12.9. The van der Waals surface area contributed by atoms with Crippen molar-refractivity contribution in [2.24, 2.45) is 0 Å². The average Bonchev–Trinajstić information content (AvgIpc) is 3.05. The normalized spacial score (nSPS) is 12.3. The third kappa shape index (κ3) is 4.19. The quantitative estimate of drug-likeness (QED) is 0.729. The number of hydrogen-bond donors (Lipinski definition) is 2. The minimum atomic E-state index is -0.668. The Morgan fingerprint density at radius 2 is 1.96 bits per heavy atom. The second-order valence-electron chi connectivity index (χ2n) is 5.04. The molecule has 0 radical (unpaired) electrons. The second kappa shape index (κ2) is 7.41. The van der Waals surface area contributed by atoms with Gasteiger partial charge in [0.25, 0.3) is 0 Å². The number of hydrogen-bond acceptors (Lipinski definition) is 5. The summed E-state index contributed by atoms with van der Waals surface area (Å²) in [5.74, 6) is -0.305. The Labute approximate surface area is 137 Å². The van der Waals surface area contributed by atoms with Gasteiger partial charge in [0.1, 0.15) is 10.8 Å². The van der Waals surface area contributed by atoms with Crippen molar-refractivity contribution in [1.82, 2.24) is 15.3 Å². The van der Waals surface area contributed by atoms with Crippen LogP contribution in [0.3, 0.4) is 0 Å². The molecule has 0 amide bonds. The molecule has 118 valence electrons. The fourth-order valence-corrected chi connectivity index (χ4v) is 2.99. The maximum atomic E-state index is 12.9. The summed E-state index contributed by atoms with van der Waals surface area (Å²) in [5.41, 5.74) is 1.55. The molecule has 3 aromatic rings. The first-order valence-corrected chi connectivity index (χ1v) is 8.04. The average molecular weight is 329 g/mol. The number of aromatic nitrogens is 2. The van der Waals surface area contributed by atoms with Gasteiger partial charge >= 0.3 is 0 Å². The van der Waals surface area contributed by atoms with Crippen LogP contribution >= 0.6 is 11.3 Å². The fourth-order valence-electron chi connectivity index (χ4n) is 2.13. The highest BCUT2D eigenvalue weighted by Crippen LogP contribution is 2.23. The molecule has 1 aromatic carbocycles. The van der Waals surface area contributed by atoms with E-state index in [1.165, 1.54) is 12.1 Å². The summed E-state index contributed by atoms with van der Waals surface area (Å²) in [4.78, 5) is 9.71. The van der Waals surface area contributed by atoms with Crippen molar-refractivity contribution >= 4 is 11.3 Å². The van der Waals surface area contributed by atoms with E-state index in [1.54, 1.807) is 29.7 Å². The SMILES string of the molecule is OC(CNCc1cnc(-c2ccccn2)s1)c1ccc(F)cc1. The molecule has 2 heterocycles. The van der Waals surface area contributed by atoms with Crippen LogP contribution in [-0.2, 0) is 6.54 Å². The monoisotopic (exact) mass is 329 g/mol. The van der Waals surface area contributed by atoms with Crippen molar-refractivity contribution in [2.45, 2.75) is 12.6 Å². The highest BCUT2D eigenvalue weighted by Gasteiger charge is 2.09. The molecule has 4 nitrogen and oxygen atoms in total. The van der Waals surface area contributed by atoms with Gasteiger partial charge in [-0.25, -0.2) is 9.37 Å². The first-order valence-electron chi connectivity index (χ1n) is 7.23. The summed E-state index contributed by atoms with van der Waals surface area (Å²) in [7, 11) is 0. The summed E-state index contributed by atoms with van der Waals surface area (Å²) in [5, 5.41) is 14.1. The maximum absolute atomic E-state index is 12.9. The van der Waals surface area contributed by atoms with Crippen molar-refractivity contribution in [1.29, 1.82) is 0 Å². The van der Waals surface area contributed by atoms with Crippen LogP contribution in [0.1, 0.15) is 16.5 Å². The smallest absolute Gasteiger partial charge is 0.142 e. The van der Waals surface area contributed by atoms with Crippen LogP contribution in [0.2, 0.25) is 0 Å². The molecule has 0 saturated carbocycles. The Morgan fingerprint density at radius 3 is 2.70 bits per heavy atom. The van der Waals surface area contributed by atoms with E-state index >= 15 is 0 Å². The third-order valence-electron chi connectivity index (χ3n) is 3.33. The van der Waals surface area contributed by atoms with Crippen molar-refractivity contribution < 1.29 is 9.50 Å². The Bertz CT molecular complexity index is 746. The topological polar surface area (TPSA) is 58.0 Å². The van der Waals surface area contributed by atoms with Gasteiger partial charge in [0.15, 0.2) is 0 Å². The van der Waals surface area contributed by atoms with Gasteiger partial charge in [0, 0.05) is 30.4 Å². The van der Waals surface area contributed by atoms with Crippen LogP contribution in [-0.4, -0.2) is 21.6 Å². The maximum Gasteiger partial charge on any atom is 0.142 e. The molecular weight excluding hydrogens is 313 g/mol. The molecule has 0 aliphatic rings. The van der Waals surface area contributed by atoms with E-state index < -0.39 is 6.10 Å². The molecule has 1 unspecified atom stereocenters. The van der Waals surface area contributed by atoms with E-state index in [9.17, 15) is 9.50 Å². The van der Waals surface area contributed by atoms with Gasteiger partial charge in [0.2, 0.25) is 0 Å². The van der Waals surface area contributed by atoms with Crippen LogP contribution in [0.4, 0.5) is 4.39 Å². The molecule has 0 fully saturated rings. The highest BCUT2D eigenvalue weighted by atomic mass is 32.1. The number of halogens is 1. The van der Waals surface area contributed by atoms with Crippen LogP contribution in [0.25, 0.3) is 10.7 Å². The van der Waals surface area contributed by atoms with Gasteiger partial charge in [-0.2, -0.15) is 0 Å². The molecule has 2 N–H and O–H groups in total. The lowest BCUT2D eigenvalue weighted by atomic mass is 10.1. The summed E-state index contributed by atoms with van der Waals surface area (Å²) in [6.07, 6.45) is 2.89. The van der Waals surface area contributed by atoms with E-state index in [1.807, 2.05) is 24.4 Å². The lowest BCUT2D eigenvalue weighted by molar-refractivity contribution is 0.174. The summed E-state index contributed by atoms with van der Waals surface area (Å²) in [6, 6.07) is 11.6. The number of aliphatic hydroxyl groups excluding tert-OH is 1. The van der Waals surface area contributed by atoms with Crippen LogP contribution in [0, 0.1) is 5.82 Å². The lowest BCUT2D eigenvalue weighted by Crippen LogP contribution is -2.20. The van der Waals surface area contributed by atoms with E-state index in [-0.39, 0.29) is 5.82 Å². The van der Waals surface area contributed by atoms with E-state index in [4.69, 9.17) is 0 Å². The minimum Gasteiger partial charge on any atom is -0.387 e.